The van der Waals surface area contributed by atoms with Crippen molar-refractivity contribution < 1.29 is 9.18 Å². The van der Waals surface area contributed by atoms with Crippen LogP contribution in [0.3, 0.4) is 0 Å². The van der Waals surface area contributed by atoms with Gasteiger partial charge in [0.25, 0.3) is 0 Å². The molecule has 3 nitrogen and oxygen atoms in total. The van der Waals surface area contributed by atoms with E-state index in [-0.39, 0.29) is 17.8 Å². The van der Waals surface area contributed by atoms with Crippen LogP contribution in [0.1, 0.15) is 35.7 Å². The van der Waals surface area contributed by atoms with Crippen molar-refractivity contribution in [2.24, 2.45) is 5.73 Å². The van der Waals surface area contributed by atoms with Gasteiger partial charge in [0.15, 0.2) is 0 Å². The Labute approximate surface area is 124 Å². The molecule has 0 spiro atoms. The minimum atomic E-state index is -0.735. The Morgan fingerprint density at radius 3 is 2.43 bits per heavy atom. The van der Waals surface area contributed by atoms with E-state index in [1.807, 2.05) is 31.2 Å². The van der Waals surface area contributed by atoms with Gasteiger partial charge in [0.2, 0.25) is 5.91 Å². The highest BCUT2D eigenvalue weighted by atomic mass is 19.1. The molecule has 0 aliphatic rings. The molecule has 0 saturated carbocycles. The number of hydrogen-bond acceptors (Lipinski definition) is 2. The van der Waals surface area contributed by atoms with Gasteiger partial charge in [-0.3, -0.25) is 4.79 Å². The minimum Gasteiger partial charge on any atom is -0.348 e. The summed E-state index contributed by atoms with van der Waals surface area (Å²) in [6.07, 6.45) is 0. The van der Waals surface area contributed by atoms with Crippen molar-refractivity contribution in [2.75, 3.05) is 0 Å². The SMILES string of the molecule is Cc1ccc(C(N)C(=O)N[C@H](C)c2cccc(F)c2)cc1. The molecule has 21 heavy (non-hydrogen) atoms. The molecule has 2 atom stereocenters. The second-order valence-electron chi connectivity index (χ2n) is 5.17. The van der Waals surface area contributed by atoms with Crippen LogP contribution in [0.4, 0.5) is 4.39 Å². The number of hydrogen-bond donors (Lipinski definition) is 2. The second-order valence-corrected chi connectivity index (χ2v) is 5.17. The second kappa shape index (κ2) is 6.50. The molecule has 2 rings (SSSR count). The number of nitrogens with one attached hydrogen (secondary N) is 1. The van der Waals surface area contributed by atoms with Gasteiger partial charge in [-0.1, -0.05) is 42.0 Å². The summed E-state index contributed by atoms with van der Waals surface area (Å²) < 4.78 is 13.2. The molecule has 0 aromatic heterocycles. The summed E-state index contributed by atoms with van der Waals surface area (Å²) in [5, 5.41) is 2.81. The zero-order valence-electron chi connectivity index (χ0n) is 12.1. The van der Waals surface area contributed by atoms with Gasteiger partial charge in [-0.15, -0.1) is 0 Å². The van der Waals surface area contributed by atoms with E-state index in [2.05, 4.69) is 5.32 Å². The first kappa shape index (κ1) is 15.2. The standard InChI is InChI=1S/C17H19FN2O/c1-11-6-8-13(9-7-11)16(19)17(21)20-12(2)14-4-3-5-15(18)10-14/h3-10,12,16H,19H2,1-2H3,(H,20,21)/t12-,16?/m1/s1. The van der Waals surface area contributed by atoms with Crippen LogP contribution < -0.4 is 11.1 Å². The zero-order chi connectivity index (χ0) is 15.4. The van der Waals surface area contributed by atoms with Crippen molar-refractivity contribution in [3.63, 3.8) is 0 Å². The van der Waals surface area contributed by atoms with E-state index in [0.717, 1.165) is 11.1 Å². The van der Waals surface area contributed by atoms with E-state index in [4.69, 9.17) is 5.73 Å². The Morgan fingerprint density at radius 1 is 1.14 bits per heavy atom. The van der Waals surface area contributed by atoms with Gasteiger partial charge in [0, 0.05) is 0 Å². The van der Waals surface area contributed by atoms with Crippen molar-refractivity contribution in [2.45, 2.75) is 25.9 Å². The normalized spacial score (nSPS) is 13.5. The maximum absolute atomic E-state index is 13.2. The number of carbonyl (C=O) groups is 1. The molecule has 0 heterocycles. The van der Waals surface area contributed by atoms with Gasteiger partial charge in [-0.2, -0.15) is 0 Å². The summed E-state index contributed by atoms with van der Waals surface area (Å²) in [5.74, 6) is -0.605. The lowest BCUT2D eigenvalue weighted by Crippen LogP contribution is -2.35. The number of benzene rings is 2. The van der Waals surface area contributed by atoms with E-state index in [1.54, 1.807) is 19.1 Å². The fraction of sp³-hybridized carbons (Fsp3) is 0.235. The fourth-order valence-electron chi connectivity index (χ4n) is 2.09. The quantitative estimate of drug-likeness (QED) is 0.907. The predicted molar refractivity (Wildman–Crippen MR) is 81.1 cm³/mol. The predicted octanol–water partition coefficient (Wildman–Crippen LogP) is 3.01. The van der Waals surface area contributed by atoms with Crippen molar-refractivity contribution in [1.29, 1.82) is 0 Å². The van der Waals surface area contributed by atoms with Crippen LogP contribution >= 0.6 is 0 Å². The third kappa shape index (κ3) is 3.89. The van der Waals surface area contributed by atoms with Crippen LogP contribution in [-0.2, 0) is 4.79 Å². The molecule has 0 radical (unpaired) electrons. The Kier molecular flexibility index (Phi) is 4.70. The number of nitrogens with two attached hydrogens (primary N) is 1. The average molecular weight is 286 g/mol. The minimum absolute atomic E-state index is 0.282. The molecule has 3 N–H and O–H groups in total. The lowest BCUT2D eigenvalue weighted by atomic mass is 10.0. The molecule has 110 valence electrons. The summed E-state index contributed by atoms with van der Waals surface area (Å²) in [5.41, 5.74) is 8.53. The molecule has 0 saturated heterocycles. The molecule has 4 heteroatoms. The molecule has 0 fully saturated rings. The first-order chi connectivity index (χ1) is 9.97. The van der Waals surface area contributed by atoms with E-state index in [0.29, 0.717) is 5.56 Å². The highest BCUT2D eigenvalue weighted by Crippen LogP contribution is 2.16. The maximum atomic E-state index is 13.2. The van der Waals surface area contributed by atoms with Crippen LogP contribution in [0.5, 0.6) is 0 Å². The highest BCUT2D eigenvalue weighted by molar-refractivity contribution is 5.83. The average Bonchev–Trinajstić information content (AvgIpc) is 2.47. The summed E-state index contributed by atoms with van der Waals surface area (Å²) >= 11 is 0. The van der Waals surface area contributed by atoms with Crippen LogP contribution in [0, 0.1) is 12.7 Å². The number of amides is 1. The van der Waals surface area contributed by atoms with E-state index in [1.165, 1.54) is 12.1 Å². The zero-order valence-corrected chi connectivity index (χ0v) is 12.1. The lowest BCUT2D eigenvalue weighted by Gasteiger charge is -2.18. The molecule has 2 aromatic rings. The Bertz CT molecular complexity index is 625. The molecule has 0 bridgehead atoms. The van der Waals surface area contributed by atoms with Gasteiger partial charge in [0.1, 0.15) is 11.9 Å². The molecule has 0 aliphatic heterocycles. The number of halogens is 1. The highest BCUT2D eigenvalue weighted by Gasteiger charge is 2.18. The molecular weight excluding hydrogens is 267 g/mol. The van der Waals surface area contributed by atoms with Crippen LogP contribution in [-0.4, -0.2) is 5.91 Å². The van der Waals surface area contributed by atoms with Gasteiger partial charge < -0.3 is 11.1 Å². The Morgan fingerprint density at radius 2 is 1.81 bits per heavy atom. The number of aryl methyl sites for hydroxylation is 1. The number of rotatable bonds is 4. The molecule has 0 aliphatic carbocycles. The smallest absolute Gasteiger partial charge is 0.241 e. The van der Waals surface area contributed by atoms with E-state index < -0.39 is 6.04 Å². The largest absolute Gasteiger partial charge is 0.348 e. The maximum Gasteiger partial charge on any atom is 0.241 e. The van der Waals surface area contributed by atoms with Gasteiger partial charge in [0.05, 0.1) is 6.04 Å². The summed E-state index contributed by atoms with van der Waals surface area (Å²) in [7, 11) is 0. The van der Waals surface area contributed by atoms with Crippen molar-refractivity contribution >= 4 is 5.91 Å². The Hall–Kier alpha value is -2.20. The van der Waals surface area contributed by atoms with Crippen LogP contribution in [0.15, 0.2) is 48.5 Å². The Balaban J connectivity index is 2.05. The summed E-state index contributed by atoms with van der Waals surface area (Å²) in [4.78, 5) is 12.2. The fourth-order valence-corrected chi connectivity index (χ4v) is 2.09. The van der Waals surface area contributed by atoms with E-state index >= 15 is 0 Å². The van der Waals surface area contributed by atoms with Crippen molar-refractivity contribution in [1.82, 2.24) is 5.32 Å². The summed E-state index contributed by atoms with van der Waals surface area (Å²) in [6.45, 7) is 3.77. The molecular formula is C17H19FN2O. The molecule has 1 amide bonds. The van der Waals surface area contributed by atoms with Crippen molar-refractivity contribution in [3.8, 4) is 0 Å². The first-order valence-electron chi connectivity index (χ1n) is 6.85. The van der Waals surface area contributed by atoms with Crippen LogP contribution in [0.2, 0.25) is 0 Å². The molecule has 2 aromatic carbocycles. The van der Waals surface area contributed by atoms with Gasteiger partial charge >= 0.3 is 0 Å². The van der Waals surface area contributed by atoms with Gasteiger partial charge in [-0.25, -0.2) is 4.39 Å². The topological polar surface area (TPSA) is 55.1 Å². The van der Waals surface area contributed by atoms with E-state index in [9.17, 15) is 9.18 Å². The third-order valence-corrected chi connectivity index (χ3v) is 3.43. The number of carbonyl (C=O) groups excluding carboxylic acids is 1. The summed E-state index contributed by atoms with van der Waals surface area (Å²) in [6, 6.07) is 12.6. The third-order valence-electron chi connectivity index (χ3n) is 3.43. The van der Waals surface area contributed by atoms with Crippen LogP contribution in [0.25, 0.3) is 0 Å². The monoisotopic (exact) mass is 286 g/mol. The van der Waals surface area contributed by atoms with Crippen molar-refractivity contribution in [3.05, 3.63) is 71.0 Å². The first-order valence-corrected chi connectivity index (χ1v) is 6.85. The lowest BCUT2D eigenvalue weighted by molar-refractivity contribution is -0.123. The molecule has 1 unspecified atom stereocenters. The van der Waals surface area contributed by atoms with Gasteiger partial charge in [-0.05, 0) is 37.1 Å².